The molecular weight excluding hydrogens is 326 g/mol. The summed E-state index contributed by atoms with van der Waals surface area (Å²) in [4.78, 5) is 12.1. The van der Waals surface area contributed by atoms with E-state index < -0.39 is 6.09 Å². The van der Waals surface area contributed by atoms with E-state index in [-0.39, 0.29) is 0 Å². The average Bonchev–Trinajstić information content (AvgIpc) is 2.98. The summed E-state index contributed by atoms with van der Waals surface area (Å²) < 4.78 is 7.15. The Balaban J connectivity index is 1.56. The molecule has 1 aromatic heterocycles. The Kier molecular flexibility index (Phi) is 5.37. The minimum atomic E-state index is -0.467. The van der Waals surface area contributed by atoms with Crippen molar-refractivity contribution in [3.8, 4) is 11.4 Å². The van der Waals surface area contributed by atoms with Gasteiger partial charge < -0.3 is 10.1 Å². The van der Waals surface area contributed by atoms with E-state index in [2.05, 4.69) is 42.5 Å². The molecule has 0 radical (unpaired) electrons. The lowest BCUT2D eigenvalue weighted by Crippen LogP contribution is -2.29. The van der Waals surface area contributed by atoms with Crippen molar-refractivity contribution in [2.24, 2.45) is 0 Å². The number of nitrogens with zero attached hydrogens (tertiary/aromatic N) is 2. The summed E-state index contributed by atoms with van der Waals surface area (Å²) in [6.45, 7) is 6.55. The topological polar surface area (TPSA) is 56.1 Å². The molecule has 26 heavy (non-hydrogen) atoms. The highest BCUT2D eigenvalue weighted by atomic mass is 16.6. The van der Waals surface area contributed by atoms with Crippen LogP contribution >= 0.6 is 0 Å². The van der Waals surface area contributed by atoms with Gasteiger partial charge in [-0.15, -0.1) is 0 Å². The molecule has 0 aliphatic carbocycles. The van der Waals surface area contributed by atoms with Crippen LogP contribution in [0, 0.1) is 20.8 Å². The minimum absolute atomic E-state index is 0.456. The molecule has 2 aromatic carbocycles. The zero-order valence-corrected chi connectivity index (χ0v) is 15.3. The minimum Gasteiger partial charge on any atom is -0.407 e. The van der Waals surface area contributed by atoms with Crippen LogP contribution in [-0.4, -0.2) is 22.4 Å². The van der Waals surface area contributed by atoms with Gasteiger partial charge >= 0.3 is 6.09 Å². The standard InChI is InChI=1S/C21H23N3O2/c1-15-9-10-18(16(2)13-15)11-12-22-21(25)26-20-14-23-24(17(20)3)19-7-5-4-6-8-19/h4-10,13-14H,11-12H2,1-3H3,(H,22,25). The molecule has 0 spiro atoms. The normalized spacial score (nSPS) is 10.6. The van der Waals surface area contributed by atoms with Gasteiger partial charge in [0.2, 0.25) is 0 Å². The van der Waals surface area contributed by atoms with Crippen molar-refractivity contribution in [2.75, 3.05) is 6.54 Å². The van der Waals surface area contributed by atoms with Crippen LogP contribution in [-0.2, 0) is 6.42 Å². The Hall–Kier alpha value is -3.08. The largest absolute Gasteiger partial charge is 0.412 e. The Labute approximate surface area is 153 Å². The summed E-state index contributed by atoms with van der Waals surface area (Å²) in [7, 11) is 0. The van der Waals surface area contributed by atoms with Gasteiger partial charge in [0, 0.05) is 6.54 Å². The molecule has 0 atom stereocenters. The van der Waals surface area contributed by atoms with E-state index >= 15 is 0 Å². The van der Waals surface area contributed by atoms with E-state index in [1.54, 1.807) is 10.9 Å². The number of benzene rings is 2. The highest BCUT2D eigenvalue weighted by Crippen LogP contribution is 2.20. The molecular formula is C21H23N3O2. The van der Waals surface area contributed by atoms with E-state index in [9.17, 15) is 4.79 Å². The van der Waals surface area contributed by atoms with Gasteiger partial charge in [0.15, 0.2) is 5.75 Å². The summed E-state index contributed by atoms with van der Waals surface area (Å²) >= 11 is 0. The van der Waals surface area contributed by atoms with Gasteiger partial charge in [-0.2, -0.15) is 5.10 Å². The predicted octanol–water partition coefficient (Wildman–Crippen LogP) is 4.13. The molecule has 5 heteroatoms. The summed E-state index contributed by atoms with van der Waals surface area (Å²) in [5.41, 5.74) is 5.41. The predicted molar refractivity (Wildman–Crippen MR) is 102 cm³/mol. The molecule has 0 bridgehead atoms. The number of para-hydroxylation sites is 1. The second kappa shape index (κ2) is 7.87. The quantitative estimate of drug-likeness (QED) is 0.753. The lowest BCUT2D eigenvalue weighted by atomic mass is 10.0. The first-order valence-corrected chi connectivity index (χ1v) is 8.66. The van der Waals surface area contributed by atoms with Gasteiger partial charge in [0.1, 0.15) is 0 Å². The first-order chi connectivity index (χ1) is 12.5. The highest BCUT2D eigenvalue weighted by Gasteiger charge is 2.12. The third kappa shape index (κ3) is 4.11. The molecule has 0 fully saturated rings. The smallest absolute Gasteiger partial charge is 0.407 e. The second-order valence-electron chi connectivity index (χ2n) is 6.34. The lowest BCUT2D eigenvalue weighted by Gasteiger charge is -2.09. The maximum atomic E-state index is 12.1. The van der Waals surface area contributed by atoms with Crippen LogP contribution in [0.15, 0.2) is 54.7 Å². The molecule has 1 N–H and O–H groups in total. The highest BCUT2D eigenvalue weighted by molar-refractivity contribution is 5.70. The monoisotopic (exact) mass is 349 g/mol. The summed E-state index contributed by atoms with van der Waals surface area (Å²) in [5, 5.41) is 7.10. The van der Waals surface area contributed by atoms with Crippen molar-refractivity contribution < 1.29 is 9.53 Å². The maximum absolute atomic E-state index is 12.1. The maximum Gasteiger partial charge on any atom is 0.412 e. The summed E-state index contributed by atoms with van der Waals surface area (Å²) in [5.74, 6) is 0.456. The Bertz CT molecular complexity index is 901. The van der Waals surface area contributed by atoms with Crippen LogP contribution in [0.4, 0.5) is 4.79 Å². The van der Waals surface area contributed by atoms with Crippen molar-refractivity contribution in [1.29, 1.82) is 0 Å². The molecule has 3 aromatic rings. The fraction of sp³-hybridized carbons (Fsp3) is 0.238. The number of rotatable bonds is 5. The first kappa shape index (κ1) is 17.7. The number of aryl methyl sites for hydroxylation is 2. The molecule has 0 saturated heterocycles. The third-order valence-electron chi connectivity index (χ3n) is 4.33. The zero-order valence-electron chi connectivity index (χ0n) is 15.3. The number of ether oxygens (including phenoxy) is 1. The molecule has 1 amide bonds. The first-order valence-electron chi connectivity index (χ1n) is 8.66. The van der Waals surface area contributed by atoms with Gasteiger partial charge in [-0.3, -0.25) is 0 Å². The lowest BCUT2D eigenvalue weighted by molar-refractivity contribution is 0.200. The van der Waals surface area contributed by atoms with Crippen LogP contribution in [0.25, 0.3) is 5.69 Å². The molecule has 0 aliphatic heterocycles. The van der Waals surface area contributed by atoms with Gasteiger partial charge in [-0.05, 0) is 50.5 Å². The number of hydrogen-bond acceptors (Lipinski definition) is 3. The molecule has 0 unspecified atom stereocenters. The Morgan fingerprint density at radius 1 is 1.12 bits per heavy atom. The molecule has 3 rings (SSSR count). The van der Waals surface area contributed by atoms with E-state index in [1.807, 2.05) is 37.3 Å². The summed E-state index contributed by atoms with van der Waals surface area (Å²) in [6.07, 6.45) is 1.86. The fourth-order valence-electron chi connectivity index (χ4n) is 2.89. The second-order valence-corrected chi connectivity index (χ2v) is 6.34. The van der Waals surface area contributed by atoms with Crippen molar-refractivity contribution in [3.05, 3.63) is 77.1 Å². The molecule has 0 aliphatic rings. The molecule has 134 valence electrons. The number of hydrogen-bond donors (Lipinski definition) is 1. The number of nitrogens with one attached hydrogen (secondary N) is 1. The summed E-state index contributed by atoms with van der Waals surface area (Å²) in [6, 6.07) is 16.1. The van der Waals surface area contributed by atoms with Crippen LogP contribution in [0.1, 0.15) is 22.4 Å². The zero-order chi connectivity index (χ0) is 18.5. The molecule has 1 heterocycles. The van der Waals surface area contributed by atoms with E-state index in [4.69, 9.17) is 4.74 Å². The van der Waals surface area contributed by atoms with E-state index in [0.29, 0.717) is 12.3 Å². The third-order valence-corrected chi connectivity index (χ3v) is 4.33. The van der Waals surface area contributed by atoms with E-state index in [1.165, 1.54) is 16.7 Å². The van der Waals surface area contributed by atoms with Crippen molar-refractivity contribution in [2.45, 2.75) is 27.2 Å². The van der Waals surface area contributed by atoms with Gasteiger partial charge in [0.05, 0.1) is 17.6 Å². The Morgan fingerprint density at radius 3 is 2.62 bits per heavy atom. The van der Waals surface area contributed by atoms with Gasteiger partial charge in [-0.1, -0.05) is 42.0 Å². The number of amides is 1. The number of aromatic nitrogens is 2. The van der Waals surface area contributed by atoms with Crippen LogP contribution in [0.2, 0.25) is 0 Å². The van der Waals surface area contributed by atoms with Gasteiger partial charge in [-0.25, -0.2) is 9.48 Å². The van der Waals surface area contributed by atoms with E-state index in [0.717, 1.165) is 17.8 Å². The molecule has 0 saturated carbocycles. The average molecular weight is 349 g/mol. The van der Waals surface area contributed by atoms with Crippen LogP contribution in [0.5, 0.6) is 5.75 Å². The SMILES string of the molecule is Cc1ccc(CCNC(=O)Oc2cnn(-c3ccccc3)c2C)c(C)c1. The van der Waals surface area contributed by atoms with Crippen molar-refractivity contribution in [1.82, 2.24) is 15.1 Å². The number of carbonyl (C=O) groups is 1. The van der Waals surface area contributed by atoms with Gasteiger partial charge in [0.25, 0.3) is 0 Å². The van der Waals surface area contributed by atoms with Crippen LogP contribution < -0.4 is 10.1 Å². The Morgan fingerprint density at radius 2 is 1.88 bits per heavy atom. The van der Waals surface area contributed by atoms with Crippen molar-refractivity contribution >= 4 is 6.09 Å². The number of carbonyl (C=O) groups excluding carboxylic acids is 1. The molecule has 5 nitrogen and oxygen atoms in total. The van der Waals surface area contributed by atoms with Crippen molar-refractivity contribution in [3.63, 3.8) is 0 Å². The van der Waals surface area contributed by atoms with Crippen LogP contribution in [0.3, 0.4) is 0 Å². The fourth-order valence-corrected chi connectivity index (χ4v) is 2.89.